The standard InChI is InChI=1S/C16H24N4OS2/c1-11(2)6-4-7-12(3)17-14(21)10-20-15(18-19-16(20)22)13-8-5-9-23-13/h5,8-9,11-12H,4,6-7,10H2,1-3H3,(H,17,21)(H,19,22). The van der Waals surface area contributed by atoms with Crippen LogP contribution in [0, 0.1) is 10.7 Å². The van der Waals surface area contributed by atoms with Crippen molar-refractivity contribution in [3.8, 4) is 10.7 Å². The Hall–Kier alpha value is -1.47. The molecule has 1 unspecified atom stereocenters. The van der Waals surface area contributed by atoms with Crippen molar-refractivity contribution < 1.29 is 4.79 Å². The molecule has 0 aromatic carbocycles. The lowest BCUT2D eigenvalue weighted by Crippen LogP contribution is -2.35. The van der Waals surface area contributed by atoms with Gasteiger partial charge in [-0.25, -0.2) is 0 Å². The van der Waals surface area contributed by atoms with Gasteiger partial charge < -0.3 is 5.32 Å². The summed E-state index contributed by atoms with van der Waals surface area (Å²) in [5.41, 5.74) is 0. The van der Waals surface area contributed by atoms with Crippen molar-refractivity contribution in [3.63, 3.8) is 0 Å². The normalized spacial score (nSPS) is 12.5. The van der Waals surface area contributed by atoms with E-state index >= 15 is 0 Å². The Balaban J connectivity index is 1.93. The molecule has 0 fully saturated rings. The van der Waals surface area contributed by atoms with E-state index < -0.39 is 0 Å². The van der Waals surface area contributed by atoms with Crippen LogP contribution in [0.15, 0.2) is 17.5 Å². The van der Waals surface area contributed by atoms with Crippen LogP contribution in [0.3, 0.4) is 0 Å². The predicted octanol–water partition coefficient (Wildman–Crippen LogP) is 4.00. The minimum Gasteiger partial charge on any atom is -0.352 e. The fourth-order valence-electron chi connectivity index (χ4n) is 2.43. The first-order valence-electron chi connectivity index (χ1n) is 7.95. The summed E-state index contributed by atoms with van der Waals surface area (Å²) in [7, 11) is 0. The van der Waals surface area contributed by atoms with Crippen LogP contribution in [0.5, 0.6) is 0 Å². The van der Waals surface area contributed by atoms with Gasteiger partial charge in [-0.1, -0.05) is 32.8 Å². The molecule has 7 heteroatoms. The molecule has 2 heterocycles. The van der Waals surface area contributed by atoms with E-state index in [2.05, 4.69) is 29.4 Å². The van der Waals surface area contributed by atoms with Crippen molar-refractivity contribution >= 4 is 29.5 Å². The molecule has 1 atom stereocenters. The molecule has 2 aromatic rings. The number of amides is 1. The molecule has 0 aliphatic rings. The Labute approximate surface area is 146 Å². The first-order valence-corrected chi connectivity index (χ1v) is 9.24. The van der Waals surface area contributed by atoms with E-state index in [4.69, 9.17) is 12.2 Å². The minimum absolute atomic E-state index is 0.0302. The van der Waals surface area contributed by atoms with Crippen molar-refractivity contribution in [3.05, 3.63) is 22.3 Å². The molecule has 5 nitrogen and oxygen atoms in total. The van der Waals surface area contributed by atoms with E-state index in [-0.39, 0.29) is 18.5 Å². The number of rotatable bonds is 8. The summed E-state index contributed by atoms with van der Waals surface area (Å²) < 4.78 is 2.22. The topological polar surface area (TPSA) is 62.7 Å². The SMILES string of the molecule is CC(C)CCCC(C)NC(=O)Cn1c(-c2cccs2)n[nH]c1=S. The van der Waals surface area contributed by atoms with Crippen molar-refractivity contribution in [1.29, 1.82) is 0 Å². The zero-order chi connectivity index (χ0) is 16.8. The highest BCUT2D eigenvalue weighted by Crippen LogP contribution is 2.22. The summed E-state index contributed by atoms with van der Waals surface area (Å²) in [5.74, 6) is 1.39. The van der Waals surface area contributed by atoms with Gasteiger partial charge in [-0.05, 0) is 42.9 Å². The number of aromatic amines is 1. The number of aromatic nitrogens is 3. The summed E-state index contributed by atoms with van der Waals surface area (Å²) in [6, 6.07) is 4.10. The lowest BCUT2D eigenvalue weighted by molar-refractivity contribution is -0.122. The monoisotopic (exact) mass is 352 g/mol. The molecule has 126 valence electrons. The minimum atomic E-state index is -0.0302. The van der Waals surface area contributed by atoms with Gasteiger partial charge in [0, 0.05) is 6.04 Å². The van der Waals surface area contributed by atoms with Gasteiger partial charge in [-0.15, -0.1) is 11.3 Å². The summed E-state index contributed by atoms with van der Waals surface area (Å²) in [6.07, 6.45) is 3.32. The van der Waals surface area contributed by atoms with Crippen molar-refractivity contribution in [2.75, 3.05) is 0 Å². The van der Waals surface area contributed by atoms with Crippen molar-refractivity contribution in [1.82, 2.24) is 20.1 Å². The molecule has 0 radical (unpaired) electrons. The molecule has 2 N–H and O–H groups in total. The Bertz CT molecular complexity index is 673. The predicted molar refractivity (Wildman–Crippen MR) is 97.0 cm³/mol. The summed E-state index contributed by atoms with van der Waals surface area (Å²) in [4.78, 5) is 13.3. The van der Waals surface area contributed by atoms with Gasteiger partial charge in [-0.3, -0.25) is 14.5 Å². The van der Waals surface area contributed by atoms with Gasteiger partial charge in [0.1, 0.15) is 6.54 Å². The molecular weight excluding hydrogens is 328 g/mol. The van der Waals surface area contributed by atoms with E-state index in [0.29, 0.717) is 16.5 Å². The molecule has 0 saturated heterocycles. The number of carbonyl (C=O) groups excluding carboxylic acids is 1. The highest BCUT2D eigenvalue weighted by Gasteiger charge is 2.14. The van der Waals surface area contributed by atoms with Gasteiger partial charge in [0.05, 0.1) is 4.88 Å². The molecule has 0 spiro atoms. The van der Waals surface area contributed by atoms with Gasteiger partial charge in [0.2, 0.25) is 5.91 Å². The third-order valence-corrected chi connectivity index (χ3v) is 4.81. The van der Waals surface area contributed by atoms with Crippen LogP contribution in [-0.2, 0) is 11.3 Å². The second kappa shape index (κ2) is 8.40. The molecule has 0 bridgehead atoms. The maximum absolute atomic E-state index is 12.3. The fraction of sp³-hybridized carbons (Fsp3) is 0.562. The van der Waals surface area contributed by atoms with E-state index in [1.807, 2.05) is 24.4 Å². The second-order valence-electron chi connectivity index (χ2n) is 6.21. The third-order valence-electron chi connectivity index (χ3n) is 3.63. The molecule has 0 aliphatic heterocycles. The number of nitrogens with one attached hydrogen (secondary N) is 2. The number of thiophene rings is 1. The lowest BCUT2D eigenvalue weighted by Gasteiger charge is -2.15. The van der Waals surface area contributed by atoms with Gasteiger partial charge >= 0.3 is 0 Å². The maximum Gasteiger partial charge on any atom is 0.240 e. The van der Waals surface area contributed by atoms with Gasteiger partial charge in [0.25, 0.3) is 0 Å². The number of hydrogen-bond acceptors (Lipinski definition) is 4. The van der Waals surface area contributed by atoms with Crippen LogP contribution in [-0.4, -0.2) is 26.7 Å². The van der Waals surface area contributed by atoms with Gasteiger partial charge in [-0.2, -0.15) is 5.10 Å². The fourth-order valence-corrected chi connectivity index (χ4v) is 3.35. The van der Waals surface area contributed by atoms with E-state index in [9.17, 15) is 4.79 Å². The highest BCUT2D eigenvalue weighted by molar-refractivity contribution is 7.71. The maximum atomic E-state index is 12.3. The Morgan fingerprint density at radius 1 is 1.43 bits per heavy atom. The quantitative estimate of drug-likeness (QED) is 0.706. The first kappa shape index (κ1) is 17.9. The molecule has 2 rings (SSSR count). The van der Waals surface area contributed by atoms with Crippen molar-refractivity contribution in [2.24, 2.45) is 5.92 Å². The smallest absolute Gasteiger partial charge is 0.240 e. The van der Waals surface area contributed by atoms with Crippen LogP contribution in [0.1, 0.15) is 40.0 Å². The first-order chi connectivity index (χ1) is 11.0. The average molecular weight is 353 g/mol. The van der Waals surface area contributed by atoms with Crippen LogP contribution in [0.2, 0.25) is 0 Å². The number of hydrogen-bond donors (Lipinski definition) is 2. The number of carbonyl (C=O) groups is 1. The number of H-pyrrole nitrogens is 1. The second-order valence-corrected chi connectivity index (χ2v) is 7.54. The molecule has 0 saturated carbocycles. The summed E-state index contributed by atoms with van der Waals surface area (Å²) in [6.45, 7) is 6.68. The van der Waals surface area contributed by atoms with Crippen molar-refractivity contribution in [2.45, 2.75) is 52.6 Å². The Morgan fingerprint density at radius 3 is 2.87 bits per heavy atom. The zero-order valence-electron chi connectivity index (χ0n) is 13.8. The molecule has 23 heavy (non-hydrogen) atoms. The Morgan fingerprint density at radius 2 is 2.22 bits per heavy atom. The van der Waals surface area contributed by atoms with Crippen LogP contribution >= 0.6 is 23.6 Å². The van der Waals surface area contributed by atoms with E-state index in [1.54, 1.807) is 15.9 Å². The van der Waals surface area contributed by atoms with E-state index in [0.717, 1.165) is 17.7 Å². The molecular formula is C16H24N4OS2. The van der Waals surface area contributed by atoms with Gasteiger partial charge in [0.15, 0.2) is 10.6 Å². The Kier molecular flexibility index (Phi) is 6.53. The molecule has 0 aliphatic carbocycles. The third kappa shape index (κ3) is 5.28. The number of nitrogens with zero attached hydrogens (tertiary/aromatic N) is 2. The summed E-state index contributed by atoms with van der Waals surface area (Å²) in [5, 5.41) is 12.0. The largest absolute Gasteiger partial charge is 0.352 e. The average Bonchev–Trinajstić information content (AvgIpc) is 3.09. The molecule has 2 aromatic heterocycles. The van der Waals surface area contributed by atoms with Crippen LogP contribution in [0.25, 0.3) is 10.7 Å². The summed E-state index contributed by atoms with van der Waals surface area (Å²) >= 11 is 6.82. The lowest BCUT2D eigenvalue weighted by atomic mass is 10.0. The highest BCUT2D eigenvalue weighted by atomic mass is 32.1. The zero-order valence-corrected chi connectivity index (χ0v) is 15.5. The molecule has 1 amide bonds. The van der Waals surface area contributed by atoms with Crippen LogP contribution < -0.4 is 5.32 Å². The van der Waals surface area contributed by atoms with E-state index in [1.165, 1.54) is 6.42 Å². The van der Waals surface area contributed by atoms with Crippen LogP contribution in [0.4, 0.5) is 0 Å².